The summed E-state index contributed by atoms with van der Waals surface area (Å²) < 4.78 is 4.95. The second-order valence-corrected chi connectivity index (χ2v) is 23.1. The molecule has 3 aliphatic rings. The Bertz CT molecular complexity index is 2410. The number of likely N-dealkylation sites (tertiary alicyclic amines) is 1. The van der Waals surface area contributed by atoms with Gasteiger partial charge in [-0.2, -0.15) is 0 Å². The largest absolute Gasteiger partial charge is 0.494 e. The number of amides is 9. The highest BCUT2D eigenvalue weighted by Gasteiger charge is 2.42. The van der Waals surface area contributed by atoms with Crippen molar-refractivity contribution in [1.82, 2.24) is 42.1 Å². The van der Waals surface area contributed by atoms with E-state index in [1.54, 1.807) is 68.4 Å². The average Bonchev–Trinajstić information content (AvgIpc) is 3.93. The fraction of sp³-hybridized carbons (Fsp3) is 0.585. The Kier molecular flexibility index (Phi) is 24.8. The molecule has 2 heterocycles. The molecule has 2 saturated heterocycles. The summed E-state index contributed by atoms with van der Waals surface area (Å²) >= 11 is 0. The lowest BCUT2D eigenvalue weighted by molar-refractivity contribution is -0.142. The van der Waals surface area contributed by atoms with Gasteiger partial charge in [0.1, 0.15) is 48.0 Å². The predicted molar refractivity (Wildman–Crippen MR) is 299 cm³/mol. The van der Waals surface area contributed by atoms with Crippen LogP contribution in [0, 0.1) is 5.92 Å². The van der Waals surface area contributed by atoms with Crippen molar-refractivity contribution in [3.05, 3.63) is 65.7 Å². The first-order valence-corrected chi connectivity index (χ1v) is 29.1. The molecule has 2 aromatic rings. The van der Waals surface area contributed by atoms with Crippen LogP contribution in [0.2, 0.25) is 0 Å². The molecule has 3 fully saturated rings. The van der Waals surface area contributed by atoms with Crippen molar-refractivity contribution in [3.8, 4) is 5.75 Å². The lowest BCUT2D eigenvalue weighted by atomic mass is 9.85. The van der Waals surface area contributed by atoms with Gasteiger partial charge in [0.15, 0.2) is 5.96 Å². The van der Waals surface area contributed by atoms with Crippen LogP contribution >= 0.6 is 21.6 Å². The van der Waals surface area contributed by atoms with E-state index >= 15 is 0 Å². The van der Waals surface area contributed by atoms with Crippen molar-refractivity contribution in [3.63, 3.8) is 0 Å². The van der Waals surface area contributed by atoms with Crippen LogP contribution < -0.4 is 64.9 Å². The van der Waals surface area contributed by atoms with E-state index in [9.17, 15) is 43.2 Å². The molecule has 23 nitrogen and oxygen atoms in total. The number of benzene rings is 2. The summed E-state index contributed by atoms with van der Waals surface area (Å²) in [4.78, 5) is 133. The third-order valence-corrected chi connectivity index (χ3v) is 17.0. The quantitative estimate of drug-likeness (QED) is 0.0379. The van der Waals surface area contributed by atoms with Crippen molar-refractivity contribution < 1.29 is 47.9 Å². The fourth-order valence-corrected chi connectivity index (χ4v) is 13.0. The highest BCUT2D eigenvalue weighted by atomic mass is 33.1. The van der Waals surface area contributed by atoms with E-state index in [0.29, 0.717) is 49.2 Å². The van der Waals surface area contributed by atoms with E-state index in [1.165, 1.54) is 26.5 Å². The Morgan fingerprint density at radius 1 is 0.808 bits per heavy atom. The van der Waals surface area contributed by atoms with Crippen LogP contribution in [0.3, 0.4) is 0 Å². The Morgan fingerprint density at radius 3 is 2.09 bits per heavy atom. The molecule has 1 aliphatic carbocycles. The molecule has 3 unspecified atom stereocenters. The van der Waals surface area contributed by atoms with Crippen LogP contribution in [-0.2, 0) is 56.0 Å². The van der Waals surface area contributed by atoms with E-state index in [4.69, 9.17) is 27.7 Å². The van der Waals surface area contributed by atoms with Crippen molar-refractivity contribution in [2.45, 2.75) is 151 Å². The number of nitrogens with zero attached hydrogens (tertiary/aromatic N) is 2. The Balaban J connectivity index is 1.52. The normalized spacial score (nSPS) is 23.1. The summed E-state index contributed by atoms with van der Waals surface area (Å²) in [5, 5.41) is 19.5. The number of aliphatic imine (C=N–C) groups is 1. The molecule has 0 aromatic heterocycles. The van der Waals surface area contributed by atoms with Crippen LogP contribution in [0.25, 0.3) is 0 Å². The minimum Gasteiger partial charge on any atom is -0.494 e. The molecule has 78 heavy (non-hydrogen) atoms. The highest BCUT2D eigenvalue weighted by molar-refractivity contribution is 8.77. The smallest absolute Gasteiger partial charge is 0.246 e. The van der Waals surface area contributed by atoms with Gasteiger partial charge in [0.2, 0.25) is 53.2 Å². The zero-order valence-electron chi connectivity index (χ0n) is 44.9. The monoisotopic (exact) mass is 1120 g/mol. The molecule has 2 aromatic carbocycles. The molecular weight excluding hydrogens is 1040 g/mol. The van der Waals surface area contributed by atoms with Gasteiger partial charge >= 0.3 is 0 Å². The molecule has 428 valence electrons. The summed E-state index contributed by atoms with van der Waals surface area (Å²) in [6, 6.07) is 7.26. The lowest BCUT2D eigenvalue weighted by Crippen LogP contribution is -2.61. The van der Waals surface area contributed by atoms with Gasteiger partial charge in [-0.05, 0) is 74.6 Å². The number of ether oxygens (including phenoxy) is 1. The van der Waals surface area contributed by atoms with Crippen molar-refractivity contribution in [2.24, 2.45) is 33.8 Å². The van der Waals surface area contributed by atoms with Gasteiger partial charge in [-0.15, -0.1) is 0 Å². The molecule has 9 amide bonds. The van der Waals surface area contributed by atoms with Gasteiger partial charge in [0.25, 0.3) is 0 Å². The molecule has 5 rings (SSSR count). The molecule has 1 spiro atoms. The molecule has 2 aliphatic heterocycles. The fourth-order valence-electron chi connectivity index (χ4n) is 9.69. The van der Waals surface area contributed by atoms with Crippen LogP contribution in [0.5, 0.6) is 5.75 Å². The van der Waals surface area contributed by atoms with E-state index < -0.39 is 113 Å². The molecular formula is C53H79N13O10S2. The molecule has 25 heteroatoms. The maximum absolute atomic E-state index is 15.0. The SMILES string of the molecule is CCOc1ccc(CC2NC(=O)CC3(CCCCC3)SSCC(C(=O)N3CCC[C@H]3C(=O)N[C@@H](CCCN=C(N)N)C(=O)NCCN)NC(=O)[C@H](CC(N)=O)NC(=O)[C@H](C(C)C)NC(=O)C(Cc3ccccc3)NC2=O)cc1. The van der Waals surface area contributed by atoms with Crippen LogP contribution in [0.15, 0.2) is 59.6 Å². The Labute approximate surface area is 464 Å². The Hall–Kier alpha value is -6.60. The number of primary amides is 1. The predicted octanol–water partition coefficient (Wildman–Crippen LogP) is -0.0818. The third-order valence-electron chi connectivity index (χ3n) is 13.7. The van der Waals surface area contributed by atoms with Crippen LogP contribution in [0.1, 0.15) is 103 Å². The zero-order valence-corrected chi connectivity index (χ0v) is 46.5. The number of rotatable bonds is 19. The standard InChI is InChI=1S/C53H79N13O10S2/c1-4-76-35-19-17-34(18-20-35)28-37-46(70)62-38(27-33-13-7-5-8-14-33)48(72)65-44(32(2)3)50(74)63-39(29-42(55)67)47(71)64-40(31-77-78-53(30-43(68)60-37)21-9-6-10-22-53)51(75)66-26-12-16-41(66)49(73)61-36(45(69)58-25-23-54)15-11-24-59-52(56)57/h5,7-8,13-14,17-20,32,36-41,44H,4,6,9-12,15-16,21-31,54H2,1-3H3,(H2,55,67)(H,58,69)(H,60,68)(H,61,73)(H,62,70)(H,63,74)(H,64,71)(H,65,72)(H4,56,57,59)/t36-,37?,38?,39-,40?,41-,44-/m0/s1. The van der Waals surface area contributed by atoms with E-state index in [1.807, 2.05) is 6.92 Å². The molecule has 1 saturated carbocycles. The summed E-state index contributed by atoms with van der Waals surface area (Å²) in [5.74, 6) is -6.50. The van der Waals surface area contributed by atoms with Gasteiger partial charge in [-0.25, -0.2) is 0 Å². The number of hydrogen-bond acceptors (Lipinski definition) is 14. The van der Waals surface area contributed by atoms with E-state index in [0.717, 1.165) is 19.3 Å². The number of hydrogen-bond donors (Lipinski definition) is 11. The van der Waals surface area contributed by atoms with Crippen molar-refractivity contribution >= 4 is 80.7 Å². The summed E-state index contributed by atoms with van der Waals surface area (Å²) in [7, 11) is 2.64. The van der Waals surface area contributed by atoms with E-state index in [-0.39, 0.29) is 70.0 Å². The van der Waals surface area contributed by atoms with Crippen molar-refractivity contribution in [2.75, 3.05) is 38.5 Å². The molecule has 0 bridgehead atoms. The van der Waals surface area contributed by atoms with Gasteiger partial charge < -0.3 is 69.8 Å². The topological polar surface area (TPSA) is 367 Å². The highest BCUT2D eigenvalue weighted by Crippen LogP contribution is 2.48. The summed E-state index contributed by atoms with van der Waals surface area (Å²) in [5.41, 5.74) is 23.7. The van der Waals surface area contributed by atoms with Gasteiger partial charge in [0, 0.05) is 55.9 Å². The maximum atomic E-state index is 15.0. The number of carbonyl (C=O) groups excluding carboxylic acids is 9. The second-order valence-electron chi connectivity index (χ2n) is 20.2. The first kappa shape index (κ1) is 62.2. The minimum atomic E-state index is -1.63. The van der Waals surface area contributed by atoms with E-state index in [2.05, 4.69) is 42.2 Å². The third kappa shape index (κ3) is 19.4. The van der Waals surface area contributed by atoms with Gasteiger partial charge in [0.05, 0.1) is 13.0 Å². The molecule has 7 atom stereocenters. The average molecular weight is 1120 g/mol. The van der Waals surface area contributed by atoms with Gasteiger partial charge in [-0.1, -0.05) is 97.2 Å². The lowest BCUT2D eigenvalue weighted by Gasteiger charge is -2.37. The summed E-state index contributed by atoms with van der Waals surface area (Å²) in [6.07, 6.45) is 4.22. The molecule has 0 radical (unpaired) electrons. The van der Waals surface area contributed by atoms with Crippen LogP contribution in [-0.4, -0.2) is 150 Å². The zero-order chi connectivity index (χ0) is 56.8. The number of guanidine groups is 1. The van der Waals surface area contributed by atoms with Crippen LogP contribution in [0.4, 0.5) is 0 Å². The molecule has 15 N–H and O–H groups in total. The minimum absolute atomic E-state index is 0.00139. The number of carbonyl (C=O) groups is 9. The number of nitrogens with one attached hydrogen (secondary N) is 7. The van der Waals surface area contributed by atoms with Crippen molar-refractivity contribution in [1.29, 1.82) is 0 Å². The first-order chi connectivity index (χ1) is 37.3. The Morgan fingerprint density at radius 2 is 1.45 bits per heavy atom. The maximum Gasteiger partial charge on any atom is 0.246 e. The number of nitrogens with two attached hydrogens (primary N) is 4. The second kappa shape index (κ2) is 31.1. The first-order valence-electron chi connectivity index (χ1n) is 26.8. The van der Waals surface area contributed by atoms with Gasteiger partial charge in [-0.3, -0.25) is 48.1 Å². The summed E-state index contributed by atoms with van der Waals surface area (Å²) in [6.45, 7) is 6.25.